The van der Waals surface area contributed by atoms with Gasteiger partial charge in [-0.1, -0.05) is 30.3 Å². The van der Waals surface area contributed by atoms with Crippen LogP contribution < -0.4 is 15.5 Å². The van der Waals surface area contributed by atoms with Crippen LogP contribution in [0.1, 0.15) is 51.7 Å². The van der Waals surface area contributed by atoms with E-state index in [1.54, 1.807) is 6.20 Å². The topological polar surface area (TPSA) is 113 Å². The summed E-state index contributed by atoms with van der Waals surface area (Å²) in [4.78, 5) is 34.7. The number of nitrogens with one attached hydrogen (secondary N) is 2. The first-order valence-corrected chi connectivity index (χ1v) is 13.8. The van der Waals surface area contributed by atoms with E-state index < -0.39 is 18.0 Å². The lowest BCUT2D eigenvalue weighted by molar-refractivity contribution is 0.0925. The average molecular weight is 564 g/mol. The number of rotatable bonds is 8. The predicted molar refractivity (Wildman–Crippen MR) is 149 cm³/mol. The maximum atomic E-state index is 13.8. The van der Waals surface area contributed by atoms with Crippen molar-refractivity contribution in [3.05, 3.63) is 71.8 Å². The molecule has 214 valence electrons. The molecule has 41 heavy (non-hydrogen) atoms. The molecule has 2 fully saturated rings. The van der Waals surface area contributed by atoms with E-state index in [9.17, 15) is 18.4 Å². The number of alkyl halides is 2. The van der Waals surface area contributed by atoms with Crippen LogP contribution in [0.5, 0.6) is 0 Å². The number of carbonyl (C=O) groups is 2. The van der Waals surface area contributed by atoms with E-state index in [1.165, 1.54) is 21.6 Å². The molecule has 2 N–H and O–H groups in total. The summed E-state index contributed by atoms with van der Waals surface area (Å²) in [5, 5.41) is 14.2. The molecule has 2 aliphatic rings. The van der Waals surface area contributed by atoms with Crippen LogP contribution in [-0.4, -0.2) is 86.8 Å². The molecule has 0 atom stereocenters. The molecule has 0 saturated carbocycles. The Morgan fingerprint density at radius 3 is 2.54 bits per heavy atom. The number of carbonyl (C=O) groups excluding carboxylic acids is 2. The number of anilines is 2. The summed E-state index contributed by atoms with van der Waals surface area (Å²) in [6.07, 6.45) is 3.31. The van der Waals surface area contributed by atoms with Crippen molar-refractivity contribution in [2.75, 3.05) is 56.0 Å². The minimum atomic E-state index is -2.83. The number of halogens is 2. The van der Waals surface area contributed by atoms with Gasteiger partial charge >= 0.3 is 0 Å². The molecule has 5 heterocycles. The molecule has 0 unspecified atom stereocenters. The predicted octanol–water partition coefficient (Wildman–Crippen LogP) is 3.05. The Kier molecular flexibility index (Phi) is 7.70. The van der Waals surface area contributed by atoms with Gasteiger partial charge in [-0.05, 0) is 32.0 Å². The van der Waals surface area contributed by atoms with E-state index in [-0.39, 0.29) is 23.1 Å². The third-order valence-electron chi connectivity index (χ3n) is 7.66. The van der Waals surface area contributed by atoms with Gasteiger partial charge in [0.2, 0.25) is 0 Å². The molecule has 0 bridgehead atoms. The monoisotopic (exact) mass is 563 g/mol. The number of nitrogens with zero attached hydrogens (tertiary/aromatic N) is 7. The molecule has 0 radical (unpaired) electrons. The van der Waals surface area contributed by atoms with Gasteiger partial charge in [0.05, 0.1) is 24.5 Å². The number of fused-ring (bicyclic) bond motifs is 1. The van der Waals surface area contributed by atoms with E-state index in [0.29, 0.717) is 49.8 Å². The second-order valence-corrected chi connectivity index (χ2v) is 10.3. The normalized spacial score (nSPS) is 16.9. The second kappa shape index (κ2) is 11.7. The van der Waals surface area contributed by atoms with Gasteiger partial charge in [0.15, 0.2) is 17.1 Å². The maximum Gasteiger partial charge on any atom is 0.284 e. The Morgan fingerprint density at radius 2 is 1.80 bits per heavy atom. The zero-order valence-electron chi connectivity index (χ0n) is 22.4. The summed E-state index contributed by atoms with van der Waals surface area (Å²) in [6.45, 7) is 4.63. The molecule has 0 spiro atoms. The van der Waals surface area contributed by atoms with E-state index in [0.717, 1.165) is 25.9 Å². The van der Waals surface area contributed by atoms with E-state index >= 15 is 0 Å². The van der Waals surface area contributed by atoms with E-state index in [2.05, 4.69) is 30.6 Å². The number of hydrogen-bond acceptors (Lipinski definition) is 8. The van der Waals surface area contributed by atoms with Crippen molar-refractivity contribution in [3.63, 3.8) is 0 Å². The first-order chi connectivity index (χ1) is 20.0. The maximum absolute atomic E-state index is 13.8. The molecule has 1 amide bonds. The van der Waals surface area contributed by atoms with Crippen molar-refractivity contribution in [3.8, 4) is 0 Å². The standard InChI is InChI=1S/C28H31F2N9O2/c29-26(30)25-22(17-39(35-25)20-6-9-31-10-7-20)33-28(41)21-16-32-38-11-8-24(34-27(21)38)37-14-12-36(13-15-37)18-23(40)19-4-2-1-3-5-19/h1-5,8,11,16-17,20,26,31H,6-7,9-10,12-15,18H2,(H,33,41). The van der Waals surface area contributed by atoms with Crippen molar-refractivity contribution in [2.45, 2.75) is 25.3 Å². The van der Waals surface area contributed by atoms with Gasteiger partial charge in [-0.25, -0.2) is 18.3 Å². The lowest BCUT2D eigenvalue weighted by Crippen LogP contribution is -2.48. The Hall–Kier alpha value is -4.23. The molecule has 13 heteroatoms. The highest BCUT2D eigenvalue weighted by Gasteiger charge is 2.26. The van der Waals surface area contributed by atoms with Gasteiger partial charge in [-0.2, -0.15) is 10.2 Å². The van der Waals surface area contributed by atoms with Gasteiger partial charge in [0, 0.05) is 44.1 Å². The van der Waals surface area contributed by atoms with Crippen LogP contribution in [0.25, 0.3) is 5.65 Å². The number of ketones is 1. The number of benzene rings is 1. The zero-order valence-corrected chi connectivity index (χ0v) is 22.4. The third-order valence-corrected chi connectivity index (χ3v) is 7.66. The lowest BCUT2D eigenvalue weighted by atomic mass is 10.1. The van der Waals surface area contributed by atoms with Crippen molar-refractivity contribution in [1.82, 2.24) is 34.6 Å². The summed E-state index contributed by atoms with van der Waals surface area (Å²) in [6, 6.07) is 11.1. The van der Waals surface area contributed by atoms with Crippen LogP contribution in [0.15, 0.2) is 55.0 Å². The minimum absolute atomic E-state index is 0.00229. The molecular weight excluding hydrogens is 532 g/mol. The van der Waals surface area contributed by atoms with Gasteiger partial charge < -0.3 is 15.5 Å². The number of piperazine rings is 1. The van der Waals surface area contributed by atoms with Gasteiger partial charge in [-0.15, -0.1) is 0 Å². The number of Topliss-reactive ketones (excluding diaryl/α,β-unsaturated/α-hetero) is 1. The third kappa shape index (κ3) is 5.81. The summed E-state index contributed by atoms with van der Waals surface area (Å²) in [5.74, 6) is 0.179. The number of hydrogen-bond donors (Lipinski definition) is 2. The molecule has 2 aliphatic heterocycles. The van der Waals surface area contributed by atoms with Gasteiger partial charge in [0.25, 0.3) is 12.3 Å². The van der Waals surface area contributed by atoms with Crippen LogP contribution in [0.3, 0.4) is 0 Å². The highest BCUT2D eigenvalue weighted by Crippen LogP contribution is 2.29. The Balaban J connectivity index is 1.14. The smallest absolute Gasteiger partial charge is 0.284 e. The summed E-state index contributed by atoms with van der Waals surface area (Å²) < 4.78 is 30.6. The Morgan fingerprint density at radius 1 is 1.05 bits per heavy atom. The number of aromatic nitrogens is 5. The quantitative estimate of drug-likeness (QED) is 0.315. The molecule has 4 aromatic rings. The average Bonchev–Trinajstić information content (AvgIpc) is 3.63. The van der Waals surface area contributed by atoms with Crippen LogP contribution >= 0.6 is 0 Å². The van der Waals surface area contributed by atoms with Crippen molar-refractivity contribution in [1.29, 1.82) is 0 Å². The molecule has 2 saturated heterocycles. The Labute approximate surface area is 235 Å². The summed E-state index contributed by atoms with van der Waals surface area (Å²) >= 11 is 0. The van der Waals surface area contributed by atoms with Crippen LogP contribution in [0.2, 0.25) is 0 Å². The summed E-state index contributed by atoms with van der Waals surface area (Å²) in [5.41, 5.74) is 0.735. The van der Waals surface area contributed by atoms with Crippen LogP contribution in [0, 0.1) is 0 Å². The number of piperidine rings is 1. The Bertz CT molecular complexity index is 1520. The fourth-order valence-electron chi connectivity index (χ4n) is 5.36. The first-order valence-electron chi connectivity index (χ1n) is 13.8. The summed E-state index contributed by atoms with van der Waals surface area (Å²) in [7, 11) is 0. The SMILES string of the molecule is O=C(CN1CCN(c2ccn3ncc(C(=O)Nc4cn(C5CCNCC5)nc4C(F)F)c3n2)CC1)c1ccccc1. The number of amides is 1. The fourth-order valence-corrected chi connectivity index (χ4v) is 5.36. The van der Waals surface area contributed by atoms with E-state index in [1.807, 2.05) is 36.4 Å². The van der Waals surface area contributed by atoms with Gasteiger partial charge in [0.1, 0.15) is 11.4 Å². The zero-order chi connectivity index (χ0) is 28.3. The van der Waals surface area contributed by atoms with Crippen molar-refractivity contribution < 1.29 is 18.4 Å². The van der Waals surface area contributed by atoms with Crippen LogP contribution in [-0.2, 0) is 0 Å². The molecule has 0 aliphatic carbocycles. The fraction of sp³-hybridized carbons (Fsp3) is 0.393. The molecule has 11 nitrogen and oxygen atoms in total. The van der Waals surface area contributed by atoms with Crippen molar-refractivity contribution in [2.24, 2.45) is 0 Å². The lowest BCUT2D eigenvalue weighted by Gasteiger charge is -2.35. The van der Waals surface area contributed by atoms with Gasteiger partial charge in [-0.3, -0.25) is 19.2 Å². The molecule has 6 rings (SSSR count). The highest BCUT2D eigenvalue weighted by molar-refractivity contribution is 6.08. The molecule has 3 aromatic heterocycles. The van der Waals surface area contributed by atoms with Crippen molar-refractivity contribution >= 4 is 28.8 Å². The first kappa shape index (κ1) is 27.0. The molecular formula is C28H31F2N9O2. The minimum Gasteiger partial charge on any atom is -0.354 e. The highest BCUT2D eigenvalue weighted by atomic mass is 19.3. The largest absolute Gasteiger partial charge is 0.354 e. The molecule has 1 aromatic carbocycles. The van der Waals surface area contributed by atoms with E-state index in [4.69, 9.17) is 4.98 Å². The van der Waals surface area contributed by atoms with Crippen LogP contribution in [0.4, 0.5) is 20.3 Å². The second-order valence-electron chi connectivity index (χ2n) is 10.3.